The maximum atomic E-state index is 13.8. The lowest BCUT2D eigenvalue weighted by Crippen LogP contribution is -2.77. The molecule has 0 radical (unpaired) electrons. The number of esters is 3. The van der Waals surface area contributed by atoms with Crippen LogP contribution in [0.4, 0.5) is 8.78 Å². The van der Waals surface area contributed by atoms with E-state index < -0.39 is 74.8 Å². The third-order valence-electron chi connectivity index (χ3n) is 11.1. The van der Waals surface area contributed by atoms with Crippen LogP contribution in [0.25, 0.3) is 0 Å². The molecule has 12 heteroatoms. The Hall–Kier alpha value is -1.82. The van der Waals surface area contributed by atoms with Crippen LogP contribution >= 0.6 is 0 Å². The van der Waals surface area contributed by atoms with Crippen molar-refractivity contribution in [2.45, 2.75) is 68.5 Å². The lowest BCUT2D eigenvalue weighted by atomic mass is 9.31. The van der Waals surface area contributed by atoms with Crippen LogP contribution in [0.2, 0.25) is 0 Å². The molecule has 1 aliphatic heterocycles. The van der Waals surface area contributed by atoms with Crippen molar-refractivity contribution in [1.82, 2.24) is 0 Å². The minimum absolute atomic E-state index is 0.232. The van der Waals surface area contributed by atoms with Gasteiger partial charge in [0.1, 0.15) is 17.8 Å². The molecule has 6 aliphatic carbocycles. The molecule has 35 heavy (non-hydrogen) atoms. The minimum atomic E-state index is -6.06. The van der Waals surface area contributed by atoms with E-state index in [1.54, 1.807) is 0 Å². The molecule has 12 atom stereocenters. The van der Waals surface area contributed by atoms with Gasteiger partial charge in [-0.2, -0.15) is 17.2 Å². The molecule has 192 valence electrons. The van der Waals surface area contributed by atoms with E-state index in [-0.39, 0.29) is 11.8 Å². The summed E-state index contributed by atoms with van der Waals surface area (Å²) in [6.45, 7) is 2.00. The molecular weight excluding hydrogens is 490 g/mol. The third-order valence-corrected chi connectivity index (χ3v) is 11.9. The van der Waals surface area contributed by atoms with Crippen LogP contribution in [0.3, 0.4) is 0 Å². The molecule has 0 amide bonds. The fourth-order valence-electron chi connectivity index (χ4n) is 10.0. The fourth-order valence-corrected chi connectivity index (χ4v) is 10.3. The summed E-state index contributed by atoms with van der Waals surface area (Å²) in [5, 5.41) is -5.18. The molecule has 9 nitrogen and oxygen atoms in total. The highest BCUT2D eigenvalue weighted by atomic mass is 32.2. The standard InChI is InChI=1S/C23H26F2O9S/c1-2-22(12-4-8-3-9-5-13(22)21(9,12)7-8)34-19(27)15-11-6-10-14(15)18(26)32-16(10)17(11)33-20(28)23(24,25)35(29,30)31/h8-17H,2-7H2,1H3,(H,29,30,31). The number of halogens is 2. The first kappa shape index (κ1) is 22.4. The van der Waals surface area contributed by atoms with Gasteiger partial charge in [0.25, 0.3) is 0 Å². The van der Waals surface area contributed by atoms with Gasteiger partial charge in [-0.15, -0.1) is 0 Å². The average Bonchev–Trinajstić information content (AvgIpc) is 3.52. The van der Waals surface area contributed by atoms with Crippen LogP contribution in [0.5, 0.6) is 0 Å². The molecule has 1 saturated heterocycles. The van der Waals surface area contributed by atoms with Gasteiger partial charge in [0.2, 0.25) is 0 Å². The zero-order chi connectivity index (χ0) is 24.9. The molecule has 7 aliphatic rings. The van der Waals surface area contributed by atoms with Gasteiger partial charge in [0.15, 0.2) is 0 Å². The molecule has 6 saturated carbocycles. The molecule has 4 bridgehead atoms. The lowest BCUT2D eigenvalue weighted by Gasteiger charge is -2.75. The molecule has 1 heterocycles. The van der Waals surface area contributed by atoms with Crippen LogP contribution in [-0.4, -0.2) is 53.9 Å². The number of hydrogen-bond donors (Lipinski definition) is 1. The van der Waals surface area contributed by atoms with Crippen LogP contribution in [0.1, 0.15) is 45.4 Å². The van der Waals surface area contributed by atoms with E-state index in [2.05, 4.69) is 0 Å². The Morgan fingerprint density at radius 1 is 1.17 bits per heavy atom. The monoisotopic (exact) mass is 516 g/mol. The number of alkyl halides is 2. The van der Waals surface area contributed by atoms with E-state index in [0.29, 0.717) is 30.1 Å². The molecule has 0 aromatic heterocycles. The van der Waals surface area contributed by atoms with E-state index in [1.807, 2.05) is 6.92 Å². The second-order valence-corrected chi connectivity index (χ2v) is 13.3. The summed E-state index contributed by atoms with van der Waals surface area (Å²) in [5.74, 6) is -4.88. The highest BCUT2D eigenvalue weighted by molar-refractivity contribution is 7.87. The summed E-state index contributed by atoms with van der Waals surface area (Å²) in [5.41, 5.74) is -0.302. The Bertz CT molecular complexity index is 1170. The van der Waals surface area contributed by atoms with Gasteiger partial charge in [0, 0.05) is 23.7 Å². The van der Waals surface area contributed by atoms with Crippen molar-refractivity contribution in [3.63, 3.8) is 0 Å². The normalized spacial score (nSPS) is 51.9. The highest BCUT2D eigenvalue weighted by Crippen LogP contribution is 2.85. The number of carbonyl (C=O) groups excluding carboxylic acids is 3. The zero-order valence-electron chi connectivity index (χ0n) is 18.9. The van der Waals surface area contributed by atoms with Gasteiger partial charge in [-0.05, 0) is 55.8 Å². The molecule has 7 fully saturated rings. The van der Waals surface area contributed by atoms with Gasteiger partial charge < -0.3 is 14.2 Å². The summed E-state index contributed by atoms with van der Waals surface area (Å²) in [4.78, 5) is 38.2. The smallest absolute Gasteiger partial charge is 0.458 e. The van der Waals surface area contributed by atoms with Gasteiger partial charge in [0.05, 0.1) is 11.8 Å². The number of hydrogen-bond acceptors (Lipinski definition) is 8. The highest BCUT2D eigenvalue weighted by Gasteiger charge is 2.84. The first-order valence-electron chi connectivity index (χ1n) is 12.4. The largest absolute Gasteiger partial charge is 0.465 e. The summed E-state index contributed by atoms with van der Waals surface area (Å²) in [6, 6.07) is 0. The number of rotatable bonds is 6. The van der Waals surface area contributed by atoms with E-state index in [4.69, 9.17) is 18.8 Å². The SMILES string of the molecule is CCC1(OC(=O)C2C3CC4C(OC(=O)C42)C3OC(=O)C(F)(F)S(=O)(=O)O)C2CC3CC4CC1C42C3. The second-order valence-electron chi connectivity index (χ2n) is 11.8. The Kier molecular flexibility index (Phi) is 4.06. The van der Waals surface area contributed by atoms with E-state index in [9.17, 15) is 31.6 Å². The Balaban J connectivity index is 1.14. The van der Waals surface area contributed by atoms with Crippen molar-refractivity contribution < 1.29 is 50.3 Å². The van der Waals surface area contributed by atoms with E-state index in [0.717, 1.165) is 12.8 Å². The van der Waals surface area contributed by atoms with Crippen molar-refractivity contribution in [3.05, 3.63) is 0 Å². The predicted octanol–water partition coefficient (Wildman–Crippen LogP) is 1.94. The maximum Gasteiger partial charge on any atom is 0.465 e. The van der Waals surface area contributed by atoms with Crippen molar-refractivity contribution in [1.29, 1.82) is 0 Å². The van der Waals surface area contributed by atoms with Gasteiger partial charge in [-0.25, -0.2) is 4.79 Å². The third kappa shape index (κ3) is 2.33. The Morgan fingerprint density at radius 2 is 1.89 bits per heavy atom. The average molecular weight is 517 g/mol. The molecule has 0 aromatic rings. The minimum Gasteiger partial charge on any atom is -0.458 e. The Labute approximate surface area is 200 Å². The van der Waals surface area contributed by atoms with Crippen molar-refractivity contribution in [2.75, 3.05) is 0 Å². The fraction of sp³-hybridized carbons (Fsp3) is 0.870. The summed E-state index contributed by atoms with van der Waals surface area (Å²) in [6.07, 6.45) is 2.95. The summed E-state index contributed by atoms with van der Waals surface area (Å²) < 4.78 is 74.7. The number of ether oxygens (including phenoxy) is 3. The van der Waals surface area contributed by atoms with Crippen LogP contribution in [0, 0.1) is 52.8 Å². The number of carbonyl (C=O) groups is 3. The maximum absolute atomic E-state index is 13.8. The topological polar surface area (TPSA) is 133 Å². The van der Waals surface area contributed by atoms with E-state index >= 15 is 0 Å². The van der Waals surface area contributed by atoms with Gasteiger partial charge in [-0.1, -0.05) is 6.92 Å². The predicted molar refractivity (Wildman–Crippen MR) is 109 cm³/mol. The lowest BCUT2D eigenvalue weighted by molar-refractivity contribution is -0.329. The zero-order valence-corrected chi connectivity index (χ0v) is 19.7. The quantitative estimate of drug-likeness (QED) is 0.319. The molecule has 7 rings (SSSR count). The Morgan fingerprint density at radius 3 is 2.54 bits per heavy atom. The first-order chi connectivity index (χ1) is 16.4. The number of fused-ring (bicyclic) bond motifs is 2. The van der Waals surface area contributed by atoms with Crippen molar-refractivity contribution in [3.8, 4) is 0 Å². The van der Waals surface area contributed by atoms with Crippen LogP contribution < -0.4 is 0 Å². The van der Waals surface area contributed by atoms with Crippen LogP contribution in [0.15, 0.2) is 0 Å². The molecule has 1 spiro atoms. The summed E-state index contributed by atoms with van der Waals surface area (Å²) >= 11 is 0. The molecule has 0 aromatic carbocycles. The molecular formula is C23H26F2O9S. The summed E-state index contributed by atoms with van der Waals surface area (Å²) in [7, 11) is -6.06. The van der Waals surface area contributed by atoms with Crippen LogP contribution in [-0.2, 0) is 38.7 Å². The van der Waals surface area contributed by atoms with E-state index in [1.165, 1.54) is 12.8 Å². The second kappa shape index (κ2) is 6.35. The molecule has 1 N–H and O–H groups in total. The molecule has 12 unspecified atom stereocenters. The van der Waals surface area contributed by atoms with Gasteiger partial charge >= 0.3 is 33.3 Å². The van der Waals surface area contributed by atoms with Crippen molar-refractivity contribution in [2.24, 2.45) is 52.8 Å². The first-order valence-corrected chi connectivity index (χ1v) is 13.8. The van der Waals surface area contributed by atoms with Gasteiger partial charge in [-0.3, -0.25) is 14.1 Å². The van der Waals surface area contributed by atoms with Crippen molar-refractivity contribution >= 4 is 28.0 Å².